The number of aliphatic hydroxyl groups is 1. The minimum Gasteiger partial charge on any atom is -0.493 e. The number of halogens is 1. The van der Waals surface area contributed by atoms with Crippen LogP contribution >= 0.6 is 11.6 Å². The summed E-state index contributed by atoms with van der Waals surface area (Å²) >= 11 is 6.51. The van der Waals surface area contributed by atoms with E-state index in [1.165, 1.54) is 24.5 Å². The second kappa shape index (κ2) is 17.6. The highest BCUT2D eigenvalue weighted by Crippen LogP contribution is 2.36. The van der Waals surface area contributed by atoms with E-state index in [1.807, 2.05) is 38.1 Å². The molecule has 282 valence electrons. The molecule has 5 rings (SSSR count). The first-order chi connectivity index (χ1) is 25.3. The van der Waals surface area contributed by atoms with Crippen LogP contribution in [0.1, 0.15) is 58.8 Å². The van der Waals surface area contributed by atoms with E-state index in [-0.39, 0.29) is 46.8 Å². The number of sulfone groups is 1. The van der Waals surface area contributed by atoms with Crippen LogP contribution in [0.2, 0.25) is 5.02 Å². The average molecular weight is 765 g/mol. The number of carbonyl (C=O) groups is 2. The molecule has 1 aromatic heterocycles. The first kappa shape index (κ1) is 39.7. The van der Waals surface area contributed by atoms with Gasteiger partial charge >= 0.3 is 5.97 Å². The van der Waals surface area contributed by atoms with Crippen molar-refractivity contribution in [2.45, 2.75) is 63.7 Å². The SMILES string of the molecule is CCOC(=O)CC1(O)CCN(CCCOc2cccc(-c3cccc(COc4cc(OCc5cncc(S(C)(=O)=O)c5)c(C=O)cc4Cl)c3C)c2C)C1. The normalized spacial score (nSPS) is 16.0. The van der Waals surface area contributed by atoms with Crippen molar-refractivity contribution in [3.63, 3.8) is 0 Å². The third kappa shape index (κ3) is 10.3. The van der Waals surface area contributed by atoms with E-state index in [2.05, 4.69) is 22.0 Å². The number of β-amino-alcohol motifs (C(OH)–C–C–N with tert-alkyl or cyclic N) is 1. The lowest BCUT2D eigenvalue weighted by Gasteiger charge is -2.22. The summed E-state index contributed by atoms with van der Waals surface area (Å²) in [4.78, 5) is 29.9. The van der Waals surface area contributed by atoms with E-state index in [4.69, 9.17) is 30.5 Å². The van der Waals surface area contributed by atoms with Crippen molar-refractivity contribution in [1.82, 2.24) is 9.88 Å². The Kier molecular flexibility index (Phi) is 13.2. The Hall–Kier alpha value is -4.49. The predicted molar refractivity (Wildman–Crippen MR) is 202 cm³/mol. The molecule has 13 heteroatoms. The molecule has 53 heavy (non-hydrogen) atoms. The number of esters is 1. The molecule has 1 unspecified atom stereocenters. The molecule has 3 aromatic carbocycles. The summed E-state index contributed by atoms with van der Waals surface area (Å²) in [6.07, 6.45) is 5.81. The zero-order valence-electron chi connectivity index (χ0n) is 30.4. The van der Waals surface area contributed by atoms with Gasteiger partial charge in [-0.15, -0.1) is 0 Å². The van der Waals surface area contributed by atoms with Gasteiger partial charge in [0.2, 0.25) is 0 Å². The topological polar surface area (TPSA) is 142 Å². The smallest absolute Gasteiger partial charge is 0.308 e. The van der Waals surface area contributed by atoms with Crippen LogP contribution in [0.25, 0.3) is 11.1 Å². The second-order valence-corrected chi connectivity index (χ2v) is 15.7. The first-order valence-corrected chi connectivity index (χ1v) is 19.7. The fraction of sp³-hybridized carbons (Fsp3) is 0.375. The number of nitrogens with zero attached hydrogens (tertiary/aromatic N) is 2. The van der Waals surface area contributed by atoms with E-state index in [1.54, 1.807) is 13.0 Å². The van der Waals surface area contributed by atoms with Crippen LogP contribution in [-0.4, -0.2) is 80.4 Å². The van der Waals surface area contributed by atoms with Crippen LogP contribution in [0.3, 0.4) is 0 Å². The zero-order chi connectivity index (χ0) is 38.2. The van der Waals surface area contributed by atoms with E-state index in [9.17, 15) is 23.1 Å². The Labute approximate surface area is 315 Å². The number of aldehydes is 1. The minimum atomic E-state index is -3.45. The van der Waals surface area contributed by atoms with E-state index in [0.717, 1.165) is 59.3 Å². The van der Waals surface area contributed by atoms with Crippen molar-refractivity contribution in [2.75, 3.05) is 39.1 Å². The maximum absolute atomic E-state index is 11.9. The molecular weight excluding hydrogens is 720 g/mol. The van der Waals surface area contributed by atoms with Gasteiger partial charge in [-0.25, -0.2) is 8.42 Å². The lowest BCUT2D eigenvalue weighted by Crippen LogP contribution is -2.36. The maximum Gasteiger partial charge on any atom is 0.308 e. The quantitative estimate of drug-likeness (QED) is 0.0711. The van der Waals surface area contributed by atoms with E-state index in [0.29, 0.717) is 43.8 Å². The Morgan fingerprint density at radius 3 is 2.45 bits per heavy atom. The minimum absolute atomic E-state index is 0.0104. The van der Waals surface area contributed by atoms with Gasteiger partial charge in [-0.2, -0.15) is 0 Å². The number of aromatic nitrogens is 1. The van der Waals surface area contributed by atoms with Gasteiger partial charge in [-0.05, 0) is 79.6 Å². The first-order valence-electron chi connectivity index (χ1n) is 17.4. The average Bonchev–Trinajstić information content (AvgIpc) is 3.49. The van der Waals surface area contributed by atoms with Gasteiger partial charge in [0.15, 0.2) is 16.1 Å². The molecule has 0 radical (unpaired) electrons. The molecule has 0 spiro atoms. The molecule has 2 heterocycles. The summed E-state index contributed by atoms with van der Waals surface area (Å²) in [6.45, 7) is 8.70. The Morgan fingerprint density at radius 1 is 0.981 bits per heavy atom. The zero-order valence-corrected chi connectivity index (χ0v) is 32.0. The highest BCUT2D eigenvalue weighted by molar-refractivity contribution is 7.90. The van der Waals surface area contributed by atoms with Crippen LogP contribution in [0.5, 0.6) is 17.2 Å². The molecule has 11 nitrogen and oxygen atoms in total. The van der Waals surface area contributed by atoms with E-state index < -0.39 is 15.4 Å². The molecule has 0 bridgehead atoms. The monoisotopic (exact) mass is 764 g/mol. The van der Waals surface area contributed by atoms with Crippen LogP contribution < -0.4 is 14.2 Å². The summed E-state index contributed by atoms with van der Waals surface area (Å²) in [6, 6.07) is 16.5. The summed E-state index contributed by atoms with van der Waals surface area (Å²) < 4.78 is 47.2. The number of carbonyl (C=O) groups excluding carboxylic acids is 2. The van der Waals surface area contributed by atoms with Gasteiger partial charge in [-0.3, -0.25) is 14.6 Å². The van der Waals surface area contributed by atoms with Gasteiger partial charge in [0.1, 0.15) is 30.5 Å². The van der Waals surface area contributed by atoms with Crippen LogP contribution in [0.4, 0.5) is 0 Å². The number of hydrogen-bond donors (Lipinski definition) is 1. The maximum atomic E-state index is 11.9. The molecule has 1 aliphatic rings. The number of likely N-dealkylation sites (tertiary alicyclic amines) is 1. The molecule has 1 saturated heterocycles. The van der Waals surface area contributed by atoms with Gasteiger partial charge in [-0.1, -0.05) is 41.9 Å². The van der Waals surface area contributed by atoms with Crippen molar-refractivity contribution < 1.29 is 42.1 Å². The van der Waals surface area contributed by atoms with Gasteiger partial charge < -0.3 is 29.0 Å². The Bertz CT molecular complexity index is 2060. The number of rotatable bonds is 17. The molecule has 1 atom stereocenters. The molecule has 0 aliphatic carbocycles. The lowest BCUT2D eigenvalue weighted by atomic mass is 9.93. The predicted octanol–water partition coefficient (Wildman–Crippen LogP) is 6.55. The molecule has 1 N–H and O–H groups in total. The molecular formula is C40H45ClN2O9S. The fourth-order valence-electron chi connectivity index (χ4n) is 6.36. The lowest BCUT2D eigenvalue weighted by molar-refractivity contribution is -0.148. The van der Waals surface area contributed by atoms with Crippen LogP contribution in [-0.2, 0) is 32.6 Å². The largest absolute Gasteiger partial charge is 0.493 e. The standard InChI is InChI=1S/C40H45ClN2O9S/c1-5-49-39(45)20-40(46)13-15-43(26-40)14-8-16-50-36-12-7-11-34(28(36)3)33-10-6-9-30(27(33)2)25-52-38-19-37(31(23-44)18-35(38)41)51-24-29-17-32(22-42-21-29)53(4,47)48/h6-7,9-12,17-19,21-23,46H,5,8,13-16,20,24-26H2,1-4H3. The molecule has 0 amide bonds. The van der Waals surface area contributed by atoms with Crippen molar-refractivity contribution >= 4 is 33.7 Å². The van der Waals surface area contributed by atoms with Gasteiger partial charge in [0.25, 0.3) is 0 Å². The highest BCUT2D eigenvalue weighted by Gasteiger charge is 2.38. The molecule has 1 aliphatic heterocycles. The Morgan fingerprint density at radius 2 is 1.72 bits per heavy atom. The van der Waals surface area contributed by atoms with Crippen LogP contribution in [0, 0.1) is 13.8 Å². The number of benzene rings is 3. The molecule has 0 saturated carbocycles. The second-order valence-electron chi connectivity index (χ2n) is 13.3. The summed E-state index contributed by atoms with van der Waals surface area (Å²) in [5.41, 5.74) is 4.72. The van der Waals surface area contributed by atoms with Crippen LogP contribution in [0.15, 0.2) is 71.9 Å². The Balaban J connectivity index is 1.21. The number of pyridine rings is 1. The third-order valence-electron chi connectivity index (χ3n) is 9.25. The van der Waals surface area contributed by atoms with Crippen molar-refractivity contribution in [1.29, 1.82) is 0 Å². The van der Waals surface area contributed by atoms with Crippen molar-refractivity contribution in [3.05, 3.63) is 99.8 Å². The number of ether oxygens (including phenoxy) is 4. The van der Waals surface area contributed by atoms with Crippen molar-refractivity contribution in [2.24, 2.45) is 0 Å². The molecule has 4 aromatic rings. The van der Waals surface area contributed by atoms with Crippen molar-refractivity contribution in [3.8, 4) is 28.4 Å². The third-order valence-corrected chi connectivity index (χ3v) is 10.6. The summed E-state index contributed by atoms with van der Waals surface area (Å²) in [5.74, 6) is 0.977. The van der Waals surface area contributed by atoms with E-state index >= 15 is 0 Å². The summed E-state index contributed by atoms with van der Waals surface area (Å²) in [7, 11) is -3.45. The highest BCUT2D eigenvalue weighted by atomic mass is 35.5. The number of hydrogen-bond acceptors (Lipinski definition) is 11. The molecule has 1 fully saturated rings. The van der Waals surface area contributed by atoms with Gasteiger partial charge in [0, 0.05) is 49.9 Å². The fourth-order valence-corrected chi connectivity index (χ4v) is 7.21. The van der Waals surface area contributed by atoms with Gasteiger partial charge in [0.05, 0.1) is 40.7 Å². The summed E-state index contributed by atoms with van der Waals surface area (Å²) in [5, 5.41) is 11.0.